The van der Waals surface area contributed by atoms with Gasteiger partial charge in [-0.25, -0.2) is 0 Å². The van der Waals surface area contributed by atoms with Crippen molar-refractivity contribution in [3.8, 4) is 11.6 Å². The zero-order valence-corrected chi connectivity index (χ0v) is 12.2. The molecule has 0 fully saturated rings. The Morgan fingerprint density at radius 1 is 0.955 bits per heavy atom. The molecule has 108 valence electrons. The van der Waals surface area contributed by atoms with E-state index in [2.05, 4.69) is 51.6 Å². The summed E-state index contributed by atoms with van der Waals surface area (Å²) in [7, 11) is 0. The molecule has 0 aliphatic rings. The Balaban J connectivity index is 1.90. The summed E-state index contributed by atoms with van der Waals surface area (Å²) in [6.07, 6.45) is 0.821. The van der Waals surface area contributed by atoms with E-state index < -0.39 is 0 Å². The number of benzene rings is 2. The molecular formula is C18H15N3O. The van der Waals surface area contributed by atoms with Crippen LogP contribution in [0.2, 0.25) is 0 Å². The van der Waals surface area contributed by atoms with Gasteiger partial charge in [0.15, 0.2) is 0 Å². The van der Waals surface area contributed by atoms with E-state index in [-0.39, 0.29) is 0 Å². The maximum absolute atomic E-state index is 5.62. The number of hydrogen-bond donors (Lipinski definition) is 1. The van der Waals surface area contributed by atoms with Crippen LogP contribution in [0.3, 0.4) is 0 Å². The van der Waals surface area contributed by atoms with Crippen molar-refractivity contribution in [2.24, 2.45) is 0 Å². The van der Waals surface area contributed by atoms with E-state index in [0.717, 1.165) is 17.6 Å². The fourth-order valence-corrected chi connectivity index (χ4v) is 2.76. The van der Waals surface area contributed by atoms with E-state index in [4.69, 9.17) is 4.42 Å². The largest absolute Gasteiger partial charge is 0.420 e. The van der Waals surface area contributed by atoms with Crippen LogP contribution < -0.4 is 0 Å². The highest BCUT2D eigenvalue weighted by Gasteiger charge is 2.17. The van der Waals surface area contributed by atoms with Crippen LogP contribution in [0, 0.1) is 6.92 Å². The zero-order valence-electron chi connectivity index (χ0n) is 12.2. The van der Waals surface area contributed by atoms with Crippen LogP contribution in [0.25, 0.3) is 22.5 Å². The van der Waals surface area contributed by atoms with Gasteiger partial charge in [0.05, 0.1) is 0 Å². The SMILES string of the molecule is Cc1nnc(-c2[nH]c3ccccc3c2Cc2ccccc2)o1. The Labute approximate surface area is 127 Å². The first-order valence-corrected chi connectivity index (χ1v) is 7.25. The Morgan fingerprint density at radius 2 is 1.73 bits per heavy atom. The fraction of sp³-hybridized carbons (Fsp3) is 0.111. The standard InChI is InChI=1S/C18H15N3O/c1-12-20-21-18(22-12)17-15(11-13-7-3-2-4-8-13)14-9-5-6-10-16(14)19-17/h2-10,19H,11H2,1H3. The van der Waals surface area contributed by atoms with Gasteiger partial charge in [-0.1, -0.05) is 48.5 Å². The third-order valence-electron chi connectivity index (χ3n) is 3.78. The van der Waals surface area contributed by atoms with E-state index in [1.165, 1.54) is 16.5 Å². The first kappa shape index (κ1) is 12.8. The average molecular weight is 289 g/mol. The molecule has 4 heteroatoms. The summed E-state index contributed by atoms with van der Waals surface area (Å²) >= 11 is 0. The minimum atomic E-state index is 0.541. The monoisotopic (exact) mass is 289 g/mol. The lowest BCUT2D eigenvalue weighted by molar-refractivity contribution is 0.531. The number of aryl methyl sites for hydroxylation is 1. The quantitative estimate of drug-likeness (QED) is 0.617. The van der Waals surface area contributed by atoms with Crippen molar-refractivity contribution in [2.45, 2.75) is 13.3 Å². The highest BCUT2D eigenvalue weighted by atomic mass is 16.4. The molecule has 4 rings (SSSR count). The van der Waals surface area contributed by atoms with Crippen molar-refractivity contribution in [1.82, 2.24) is 15.2 Å². The molecule has 1 N–H and O–H groups in total. The zero-order chi connectivity index (χ0) is 14.9. The van der Waals surface area contributed by atoms with Crippen molar-refractivity contribution in [3.05, 3.63) is 71.6 Å². The molecule has 4 nitrogen and oxygen atoms in total. The molecule has 2 heterocycles. The molecule has 0 saturated heterocycles. The van der Waals surface area contributed by atoms with Crippen molar-refractivity contribution < 1.29 is 4.42 Å². The first-order valence-electron chi connectivity index (χ1n) is 7.25. The number of para-hydroxylation sites is 1. The number of H-pyrrole nitrogens is 1. The average Bonchev–Trinajstić information content (AvgIpc) is 3.13. The molecule has 0 amide bonds. The molecule has 0 saturated carbocycles. The summed E-state index contributed by atoms with van der Waals surface area (Å²) < 4.78 is 5.62. The van der Waals surface area contributed by atoms with Gasteiger partial charge < -0.3 is 9.40 Å². The first-order chi connectivity index (χ1) is 10.8. The van der Waals surface area contributed by atoms with Crippen molar-refractivity contribution in [1.29, 1.82) is 0 Å². The van der Waals surface area contributed by atoms with Gasteiger partial charge >= 0.3 is 0 Å². The lowest BCUT2D eigenvalue weighted by Crippen LogP contribution is -1.90. The van der Waals surface area contributed by atoms with Crippen molar-refractivity contribution in [2.75, 3.05) is 0 Å². The van der Waals surface area contributed by atoms with Crippen LogP contribution in [0.1, 0.15) is 17.0 Å². The van der Waals surface area contributed by atoms with E-state index in [0.29, 0.717) is 11.8 Å². The second-order valence-electron chi connectivity index (χ2n) is 5.31. The smallest absolute Gasteiger partial charge is 0.264 e. The van der Waals surface area contributed by atoms with E-state index in [1.807, 2.05) is 18.2 Å². The van der Waals surface area contributed by atoms with Crippen LogP contribution >= 0.6 is 0 Å². The Morgan fingerprint density at radius 3 is 2.50 bits per heavy atom. The number of nitrogens with zero attached hydrogens (tertiary/aromatic N) is 2. The second-order valence-corrected chi connectivity index (χ2v) is 5.31. The Hall–Kier alpha value is -2.88. The normalized spacial score (nSPS) is 11.1. The topological polar surface area (TPSA) is 54.7 Å². The van der Waals surface area contributed by atoms with Crippen LogP contribution in [-0.4, -0.2) is 15.2 Å². The predicted molar refractivity (Wildman–Crippen MR) is 85.6 cm³/mol. The second kappa shape index (κ2) is 5.15. The van der Waals surface area contributed by atoms with Gasteiger partial charge in [0, 0.05) is 24.2 Å². The highest BCUT2D eigenvalue weighted by Crippen LogP contribution is 2.31. The summed E-state index contributed by atoms with van der Waals surface area (Å²) in [5.41, 5.74) is 4.43. The van der Waals surface area contributed by atoms with E-state index in [1.54, 1.807) is 6.92 Å². The summed E-state index contributed by atoms with van der Waals surface area (Å²) in [4.78, 5) is 3.42. The van der Waals surface area contributed by atoms with Gasteiger partial charge in [-0.15, -0.1) is 10.2 Å². The number of fused-ring (bicyclic) bond motifs is 1. The van der Waals surface area contributed by atoms with Gasteiger partial charge in [-0.3, -0.25) is 0 Å². The van der Waals surface area contributed by atoms with E-state index in [9.17, 15) is 0 Å². The lowest BCUT2D eigenvalue weighted by Gasteiger charge is -2.02. The molecule has 0 atom stereocenters. The van der Waals surface area contributed by atoms with Gasteiger partial charge in [0.25, 0.3) is 5.89 Å². The third-order valence-corrected chi connectivity index (χ3v) is 3.78. The predicted octanol–water partition coefficient (Wildman–Crippen LogP) is 4.12. The summed E-state index contributed by atoms with van der Waals surface area (Å²) in [5.74, 6) is 1.11. The summed E-state index contributed by atoms with van der Waals surface area (Å²) in [6, 6.07) is 18.7. The molecule has 0 radical (unpaired) electrons. The third kappa shape index (κ3) is 2.19. The molecule has 0 aliphatic carbocycles. The summed E-state index contributed by atoms with van der Waals surface area (Å²) in [6.45, 7) is 1.80. The van der Waals surface area contributed by atoms with Gasteiger partial charge in [-0.05, 0) is 17.2 Å². The molecule has 22 heavy (non-hydrogen) atoms. The van der Waals surface area contributed by atoms with Crippen molar-refractivity contribution in [3.63, 3.8) is 0 Å². The molecule has 4 aromatic rings. The number of hydrogen-bond acceptors (Lipinski definition) is 3. The van der Waals surface area contributed by atoms with Crippen LogP contribution in [0.4, 0.5) is 0 Å². The molecule has 2 aromatic carbocycles. The minimum absolute atomic E-state index is 0.541. The summed E-state index contributed by atoms with van der Waals surface area (Å²) in [5, 5.41) is 9.30. The maximum Gasteiger partial charge on any atom is 0.264 e. The van der Waals surface area contributed by atoms with Crippen LogP contribution in [0.5, 0.6) is 0 Å². The molecule has 0 unspecified atom stereocenters. The number of nitrogens with one attached hydrogen (secondary N) is 1. The van der Waals surface area contributed by atoms with Gasteiger partial charge in [0.2, 0.25) is 5.89 Å². The molecule has 0 aliphatic heterocycles. The number of aromatic amines is 1. The van der Waals surface area contributed by atoms with E-state index >= 15 is 0 Å². The minimum Gasteiger partial charge on any atom is -0.420 e. The number of rotatable bonds is 3. The molecular weight excluding hydrogens is 274 g/mol. The molecule has 0 bridgehead atoms. The molecule has 2 aromatic heterocycles. The molecule has 0 spiro atoms. The maximum atomic E-state index is 5.62. The Bertz CT molecular complexity index is 922. The highest BCUT2D eigenvalue weighted by molar-refractivity contribution is 5.89. The lowest BCUT2D eigenvalue weighted by atomic mass is 10.0. The van der Waals surface area contributed by atoms with Gasteiger partial charge in [-0.2, -0.15) is 0 Å². The number of aromatic nitrogens is 3. The van der Waals surface area contributed by atoms with Crippen molar-refractivity contribution >= 4 is 10.9 Å². The Kier molecular flexibility index (Phi) is 3.00. The van der Waals surface area contributed by atoms with Crippen LogP contribution in [0.15, 0.2) is 59.0 Å². The van der Waals surface area contributed by atoms with Gasteiger partial charge in [0.1, 0.15) is 5.69 Å². The van der Waals surface area contributed by atoms with Crippen LogP contribution in [-0.2, 0) is 6.42 Å². The fourth-order valence-electron chi connectivity index (χ4n) is 2.76.